The number of carbonyl (C=O) groups excluding carboxylic acids is 2. The number of carbonyl (C=O) groups is 2. The predicted octanol–water partition coefficient (Wildman–Crippen LogP) is 2.75. The second-order valence-corrected chi connectivity index (χ2v) is 10.8. The third kappa shape index (κ3) is 4.14. The molecule has 2 aromatic rings. The zero-order valence-electron chi connectivity index (χ0n) is 17.8. The molecule has 0 bridgehead atoms. The average Bonchev–Trinajstić information content (AvgIpc) is 3.27. The minimum Gasteiger partial charge on any atom is -0.340 e. The molecule has 7 nitrogen and oxygen atoms in total. The summed E-state index contributed by atoms with van der Waals surface area (Å²) >= 11 is 1.73. The van der Waals surface area contributed by atoms with Crippen LogP contribution in [0.15, 0.2) is 40.6 Å². The molecule has 1 aromatic carbocycles. The van der Waals surface area contributed by atoms with Crippen molar-refractivity contribution in [3.05, 3.63) is 51.7 Å². The van der Waals surface area contributed by atoms with E-state index in [9.17, 15) is 18.0 Å². The molecular weight excluding hydrogens is 434 g/mol. The standard InChI is InChI=1S/C22H27N3O4S2/c1-3-20-19-8-14-30-21(19)7-9-25(20)22(27)17-5-4-6-18(15-17)31(28,29)24-12-10-23(11-13-24)16(2)26/h4-6,8,14-15,20H,3,7,9-13H2,1-2H3. The van der Waals surface area contributed by atoms with Crippen molar-refractivity contribution >= 4 is 33.2 Å². The Morgan fingerprint density at radius 2 is 1.84 bits per heavy atom. The summed E-state index contributed by atoms with van der Waals surface area (Å²) in [7, 11) is -3.73. The summed E-state index contributed by atoms with van der Waals surface area (Å²) in [5.74, 6) is -0.187. The molecule has 0 N–H and O–H groups in total. The van der Waals surface area contributed by atoms with E-state index in [1.807, 2.05) is 4.90 Å². The first-order valence-electron chi connectivity index (χ1n) is 10.6. The lowest BCUT2D eigenvalue weighted by molar-refractivity contribution is -0.129. The molecule has 2 aliphatic rings. The van der Waals surface area contributed by atoms with Gasteiger partial charge >= 0.3 is 0 Å². The highest BCUT2D eigenvalue weighted by Crippen LogP contribution is 2.36. The number of hydrogen-bond donors (Lipinski definition) is 0. The van der Waals surface area contributed by atoms with Crippen LogP contribution in [0.1, 0.15) is 47.1 Å². The van der Waals surface area contributed by atoms with Crippen molar-refractivity contribution in [3.8, 4) is 0 Å². The fourth-order valence-electron chi connectivity index (χ4n) is 4.43. The molecule has 0 radical (unpaired) electrons. The average molecular weight is 462 g/mol. The molecule has 1 saturated heterocycles. The summed E-state index contributed by atoms with van der Waals surface area (Å²) in [6.45, 7) is 5.46. The van der Waals surface area contributed by atoms with Crippen LogP contribution >= 0.6 is 11.3 Å². The molecular formula is C22H27N3O4S2. The minimum atomic E-state index is -3.73. The molecule has 3 heterocycles. The molecule has 0 saturated carbocycles. The summed E-state index contributed by atoms with van der Waals surface area (Å²) in [5, 5.41) is 2.07. The molecule has 1 fully saturated rings. The van der Waals surface area contributed by atoms with Crippen LogP contribution in [0.5, 0.6) is 0 Å². The number of nitrogens with zero attached hydrogens (tertiary/aromatic N) is 3. The third-order valence-corrected chi connectivity index (χ3v) is 9.04. The number of sulfonamides is 1. The quantitative estimate of drug-likeness (QED) is 0.702. The van der Waals surface area contributed by atoms with Gasteiger partial charge in [-0.05, 0) is 48.1 Å². The molecule has 2 aliphatic heterocycles. The highest BCUT2D eigenvalue weighted by atomic mass is 32.2. The lowest BCUT2D eigenvalue weighted by Gasteiger charge is -2.36. The zero-order chi connectivity index (χ0) is 22.2. The number of fused-ring (bicyclic) bond motifs is 1. The van der Waals surface area contributed by atoms with Crippen molar-refractivity contribution in [2.75, 3.05) is 32.7 Å². The Hall–Kier alpha value is -2.23. The summed E-state index contributed by atoms with van der Waals surface area (Å²) in [6, 6.07) is 8.45. The topological polar surface area (TPSA) is 78.0 Å². The van der Waals surface area contributed by atoms with Gasteiger partial charge in [-0.25, -0.2) is 8.42 Å². The lowest BCUT2D eigenvalue weighted by Crippen LogP contribution is -2.49. The predicted molar refractivity (Wildman–Crippen MR) is 120 cm³/mol. The number of benzene rings is 1. The second-order valence-electron chi connectivity index (χ2n) is 7.91. The van der Waals surface area contributed by atoms with E-state index >= 15 is 0 Å². The largest absolute Gasteiger partial charge is 0.340 e. The summed E-state index contributed by atoms with van der Waals surface area (Å²) in [6.07, 6.45) is 1.64. The first kappa shape index (κ1) is 22.0. The van der Waals surface area contributed by atoms with Crippen molar-refractivity contribution < 1.29 is 18.0 Å². The van der Waals surface area contributed by atoms with Crippen LogP contribution in [0.3, 0.4) is 0 Å². The molecule has 31 heavy (non-hydrogen) atoms. The first-order chi connectivity index (χ1) is 14.8. The monoisotopic (exact) mass is 461 g/mol. The van der Waals surface area contributed by atoms with E-state index in [1.165, 1.54) is 33.8 Å². The normalized spacial score (nSPS) is 19.9. The van der Waals surface area contributed by atoms with Crippen LogP contribution in [0.2, 0.25) is 0 Å². The maximum atomic E-state index is 13.4. The molecule has 2 amide bonds. The Bertz CT molecular complexity index is 1090. The van der Waals surface area contributed by atoms with Crippen molar-refractivity contribution in [2.45, 2.75) is 37.6 Å². The Labute approximate surface area is 187 Å². The van der Waals surface area contributed by atoms with E-state index < -0.39 is 10.0 Å². The summed E-state index contributed by atoms with van der Waals surface area (Å²) in [5.41, 5.74) is 1.60. The van der Waals surface area contributed by atoms with Gasteiger partial charge in [0.25, 0.3) is 5.91 Å². The molecule has 4 rings (SSSR count). The van der Waals surface area contributed by atoms with E-state index in [0.29, 0.717) is 25.2 Å². The van der Waals surface area contributed by atoms with Crippen LogP contribution in [0, 0.1) is 0 Å². The SMILES string of the molecule is CCC1c2ccsc2CCN1C(=O)c1cccc(S(=O)(=O)N2CCN(C(C)=O)CC2)c1. The molecule has 1 unspecified atom stereocenters. The number of amides is 2. The first-order valence-corrected chi connectivity index (χ1v) is 12.9. The second kappa shape index (κ2) is 8.72. The van der Waals surface area contributed by atoms with E-state index in [1.54, 1.807) is 28.4 Å². The van der Waals surface area contributed by atoms with Gasteiger partial charge in [-0.2, -0.15) is 4.31 Å². The Morgan fingerprint density at radius 3 is 2.52 bits per heavy atom. The van der Waals surface area contributed by atoms with Crippen molar-refractivity contribution in [3.63, 3.8) is 0 Å². The molecule has 166 valence electrons. The number of piperazine rings is 1. The van der Waals surface area contributed by atoms with Crippen LogP contribution in [0.4, 0.5) is 0 Å². The van der Waals surface area contributed by atoms with Crippen LogP contribution < -0.4 is 0 Å². The van der Waals surface area contributed by atoms with Crippen LogP contribution in [0.25, 0.3) is 0 Å². The van der Waals surface area contributed by atoms with Gasteiger partial charge in [-0.1, -0.05) is 13.0 Å². The molecule has 9 heteroatoms. The van der Waals surface area contributed by atoms with Gasteiger partial charge in [-0.15, -0.1) is 11.3 Å². The van der Waals surface area contributed by atoms with Gasteiger partial charge in [0.15, 0.2) is 0 Å². The molecule has 1 atom stereocenters. The maximum absolute atomic E-state index is 13.4. The Morgan fingerprint density at radius 1 is 1.10 bits per heavy atom. The maximum Gasteiger partial charge on any atom is 0.254 e. The fraction of sp³-hybridized carbons (Fsp3) is 0.455. The van der Waals surface area contributed by atoms with Crippen molar-refractivity contribution in [1.29, 1.82) is 0 Å². The van der Waals surface area contributed by atoms with Gasteiger partial charge in [0.2, 0.25) is 15.9 Å². The molecule has 0 aliphatic carbocycles. The minimum absolute atomic E-state index is 0.0161. The highest BCUT2D eigenvalue weighted by molar-refractivity contribution is 7.89. The molecule has 0 spiro atoms. The van der Waals surface area contributed by atoms with Crippen LogP contribution in [-0.4, -0.2) is 67.1 Å². The zero-order valence-corrected chi connectivity index (χ0v) is 19.4. The van der Waals surface area contributed by atoms with Gasteiger partial charge in [0.1, 0.15) is 0 Å². The van der Waals surface area contributed by atoms with Crippen molar-refractivity contribution in [1.82, 2.24) is 14.1 Å². The number of rotatable bonds is 4. The summed E-state index contributed by atoms with van der Waals surface area (Å²) in [4.78, 5) is 29.8. The van der Waals surface area contributed by atoms with E-state index in [4.69, 9.17) is 0 Å². The highest BCUT2D eigenvalue weighted by Gasteiger charge is 2.33. The Kier molecular flexibility index (Phi) is 6.18. The smallest absolute Gasteiger partial charge is 0.254 e. The Balaban J connectivity index is 1.56. The van der Waals surface area contributed by atoms with Gasteiger partial charge in [-0.3, -0.25) is 9.59 Å². The van der Waals surface area contributed by atoms with Gasteiger partial charge in [0.05, 0.1) is 10.9 Å². The fourth-order valence-corrected chi connectivity index (χ4v) is 6.82. The van der Waals surface area contributed by atoms with Crippen molar-refractivity contribution in [2.24, 2.45) is 0 Å². The third-order valence-electron chi connectivity index (χ3n) is 6.15. The summed E-state index contributed by atoms with van der Waals surface area (Å²) < 4.78 is 27.7. The van der Waals surface area contributed by atoms with Gasteiger partial charge in [0, 0.05) is 50.1 Å². The van der Waals surface area contributed by atoms with Gasteiger partial charge < -0.3 is 9.80 Å². The molecule has 1 aromatic heterocycles. The van der Waals surface area contributed by atoms with E-state index in [2.05, 4.69) is 18.4 Å². The van der Waals surface area contributed by atoms with Crippen LogP contribution in [-0.2, 0) is 21.2 Å². The number of hydrogen-bond acceptors (Lipinski definition) is 5. The van der Waals surface area contributed by atoms with E-state index in [-0.39, 0.29) is 35.8 Å². The van der Waals surface area contributed by atoms with E-state index in [0.717, 1.165) is 12.8 Å². The number of thiophene rings is 1. The lowest BCUT2D eigenvalue weighted by atomic mass is 9.97.